The van der Waals surface area contributed by atoms with E-state index in [0.29, 0.717) is 36.5 Å². The Morgan fingerprint density at radius 3 is 2.80 bits per heavy atom. The van der Waals surface area contributed by atoms with Crippen molar-refractivity contribution in [2.75, 3.05) is 11.9 Å². The van der Waals surface area contributed by atoms with Gasteiger partial charge in [-0.05, 0) is 19.3 Å². The number of aromatic nitrogens is 5. The van der Waals surface area contributed by atoms with Gasteiger partial charge in [0, 0.05) is 37.3 Å². The molecule has 2 heterocycles. The smallest absolute Gasteiger partial charge is 0.407 e. The van der Waals surface area contributed by atoms with Crippen LogP contribution in [0, 0.1) is 0 Å². The highest BCUT2D eigenvalue weighted by atomic mass is 19.4. The van der Waals surface area contributed by atoms with Crippen LogP contribution in [0.4, 0.5) is 23.8 Å². The molecular weight excluding hydrogens is 407 g/mol. The second-order valence-corrected chi connectivity index (χ2v) is 7.26. The van der Waals surface area contributed by atoms with E-state index in [2.05, 4.69) is 25.7 Å². The summed E-state index contributed by atoms with van der Waals surface area (Å²) in [7, 11) is 1.64. The summed E-state index contributed by atoms with van der Waals surface area (Å²) in [6, 6.07) is 1.16. The average molecular weight is 429 g/mol. The topological polar surface area (TPSA) is 129 Å². The molecule has 3 rings (SSSR count). The molecule has 0 aromatic carbocycles. The molecule has 13 heteroatoms. The lowest BCUT2D eigenvalue weighted by atomic mass is 10.0. The van der Waals surface area contributed by atoms with Crippen LogP contribution in [0.5, 0.6) is 0 Å². The van der Waals surface area contributed by atoms with Crippen molar-refractivity contribution >= 4 is 17.8 Å². The highest BCUT2D eigenvalue weighted by Crippen LogP contribution is 2.37. The Balaban J connectivity index is 1.55. The van der Waals surface area contributed by atoms with E-state index in [4.69, 9.17) is 0 Å². The fourth-order valence-corrected chi connectivity index (χ4v) is 3.63. The molecule has 0 unspecified atom stereocenters. The second kappa shape index (κ2) is 8.71. The van der Waals surface area contributed by atoms with Gasteiger partial charge in [-0.2, -0.15) is 33.3 Å². The maximum atomic E-state index is 12.5. The Labute approximate surface area is 169 Å². The van der Waals surface area contributed by atoms with Gasteiger partial charge in [0.25, 0.3) is 0 Å². The van der Waals surface area contributed by atoms with Crippen LogP contribution < -0.4 is 5.32 Å². The maximum absolute atomic E-state index is 12.5. The minimum Gasteiger partial charge on any atom is -0.465 e. The van der Waals surface area contributed by atoms with Crippen LogP contribution in [0.1, 0.15) is 43.0 Å². The molecule has 0 saturated heterocycles. The quantitative estimate of drug-likeness (QED) is 0.619. The van der Waals surface area contributed by atoms with Crippen LogP contribution in [0.2, 0.25) is 0 Å². The molecule has 30 heavy (non-hydrogen) atoms. The summed E-state index contributed by atoms with van der Waals surface area (Å²) in [5.74, 6) is -0.0857. The summed E-state index contributed by atoms with van der Waals surface area (Å²) in [5.41, 5.74) is 1.21. The molecule has 1 saturated carbocycles. The van der Waals surface area contributed by atoms with Gasteiger partial charge in [0.1, 0.15) is 0 Å². The molecule has 2 aromatic heterocycles. The van der Waals surface area contributed by atoms with Gasteiger partial charge in [-0.1, -0.05) is 0 Å². The van der Waals surface area contributed by atoms with Crippen molar-refractivity contribution in [1.82, 2.24) is 30.1 Å². The molecular formula is C17H22F3N7O3. The summed E-state index contributed by atoms with van der Waals surface area (Å²) < 4.78 is 37.4. The Hall–Kier alpha value is -3.12. The number of hydrogen-bond acceptors (Lipinski definition) is 5. The number of carbonyl (C=O) groups excluding carboxylic acids is 1. The van der Waals surface area contributed by atoms with Gasteiger partial charge in [-0.15, -0.1) is 0 Å². The van der Waals surface area contributed by atoms with Gasteiger partial charge in [-0.3, -0.25) is 9.89 Å². The van der Waals surface area contributed by atoms with E-state index >= 15 is 0 Å². The van der Waals surface area contributed by atoms with Gasteiger partial charge in [-0.25, -0.2) is 4.79 Å². The van der Waals surface area contributed by atoms with Crippen LogP contribution in [0.15, 0.2) is 12.3 Å². The van der Waals surface area contributed by atoms with Crippen molar-refractivity contribution in [3.63, 3.8) is 0 Å². The number of nitrogens with one attached hydrogen (secondary N) is 2. The molecule has 1 fully saturated rings. The lowest BCUT2D eigenvalue weighted by Crippen LogP contribution is -2.40. The van der Waals surface area contributed by atoms with E-state index in [9.17, 15) is 27.9 Å². The first-order valence-corrected chi connectivity index (χ1v) is 9.37. The van der Waals surface area contributed by atoms with E-state index in [1.807, 2.05) is 0 Å². The summed E-state index contributed by atoms with van der Waals surface area (Å²) in [6.45, 7) is -0.580. The van der Waals surface area contributed by atoms with Gasteiger partial charge in [0.2, 0.25) is 5.91 Å². The molecule has 0 radical (unpaired) electrons. The van der Waals surface area contributed by atoms with Crippen molar-refractivity contribution in [2.24, 2.45) is 7.05 Å². The molecule has 1 aliphatic carbocycles. The number of anilines is 1. The first kappa shape index (κ1) is 21.6. The van der Waals surface area contributed by atoms with Crippen LogP contribution >= 0.6 is 0 Å². The lowest BCUT2D eigenvalue weighted by Gasteiger charge is -2.26. The van der Waals surface area contributed by atoms with Crippen LogP contribution in [0.3, 0.4) is 0 Å². The van der Waals surface area contributed by atoms with Crippen LogP contribution in [-0.2, 0) is 18.3 Å². The van der Waals surface area contributed by atoms with Gasteiger partial charge >= 0.3 is 12.3 Å². The number of carbonyl (C=O) groups is 2. The van der Waals surface area contributed by atoms with E-state index in [1.54, 1.807) is 13.1 Å². The molecule has 3 N–H and O–H groups in total. The second-order valence-electron chi connectivity index (χ2n) is 7.26. The zero-order valence-electron chi connectivity index (χ0n) is 16.2. The molecule has 1 aliphatic rings. The number of hydrogen-bond donors (Lipinski definition) is 3. The number of aryl methyl sites for hydroxylation is 1. The predicted octanol–water partition coefficient (Wildman–Crippen LogP) is 2.29. The van der Waals surface area contributed by atoms with E-state index in [1.165, 1.54) is 11.0 Å². The third kappa shape index (κ3) is 5.70. The third-order valence-electron chi connectivity index (χ3n) is 5.02. The largest absolute Gasteiger partial charge is 0.465 e. The standard InChI is InChI=1S/C17H22F3N7O3/c1-26-21-9-11(25-26)7-15(28)22-14-8-13(23-24-14)10-2-3-12(6-10)27(16(29)30)5-4-17(18,19)20/h8-10,12H,2-7H2,1H3,(H,29,30)(H2,22,23,24,28)/t10-,12+/m0/s1. The van der Waals surface area contributed by atoms with Crippen molar-refractivity contribution in [3.8, 4) is 0 Å². The number of aromatic amines is 1. The zero-order valence-corrected chi connectivity index (χ0v) is 16.2. The molecule has 2 atom stereocenters. The first-order valence-electron chi connectivity index (χ1n) is 9.37. The fraction of sp³-hybridized carbons (Fsp3) is 0.588. The zero-order chi connectivity index (χ0) is 21.9. The Morgan fingerprint density at radius 1 is 1.40 bits per heavy atom. The number of rotatable bonds is 7. The normalized spacial score (nSPS) is 19.1. The number of alkyl halides is 3. The van der Waals surface area contributed by atoms with Crippen LogP contribution in [-0.4, -0.2) is 66.0 Å². The number of amides is 2. The molecule has 10 nitrogen and oxygen atoms in total. The molecule has 2 amide bonds. The van der Waals surface area contributed by atoms with Crippen molar-refractivity contribution in [3.05, 3.63) is 23.7 Å². The lowest BCUT2D eigenvalue weighted by molar-refractivity contribution is -0.137. The van der Waals surface area contributed by atoms with Crippen LogP contribution in [0.25, 0.3) is 0 Å². The minimum atomic E-state index is -4.41. The van der Waals surface area contributed by atoms with Gasteiger partial charge < -0.3 is 15.3 Å². The third-order valence-corrected chi connectivity index (χ3v) is 5.02. The minimum absolute atomic E-state index is 0.0360. The van der Waals surface area contributed by atoms with E-state index in [-0.39, 0.29) is 18.2 Å². The van der Waals surface area contributed by atoms with Crippen molar-refractivity contribution in [1.29, 1.82) is 0 Å². The average Bonchev–Trinajstić information content (AvgIpc) is 3.35. The highest BCUT2D eigenvalue weighted by Gasteiger charge is 2.36. The Kier molecular flexibility index (Phi) is 6.27. The first-order chi connectivity index (χ1) is 14.1. The highest BCUT2D eigenvalue weighted by molar-refractivity contribution is 5.91. The molecule has 2 aromatic rings. The number of halogens is 3. The van der Waals surface area contributed by atoms with Gasteiger partial charge in [0.15, 0.2) is 5.82 Å². The maximum Gasteiger partial charge on any atom is 0.407 e. The predicted molar refractivity (Wildman–Crippen MR) is 97.7 cm³/mol. The summed E-state index contributed by atoms with van der Waals surface area (Å²) in [5, 5.41) is 26.7. The van der Waals surface area contributed by atoms with E-state index < -0.39 is 31.3 Å². The van der Waals surface area contributed by atoms with Gasteiger partial charge in [0.05, 0.1) is 24.7 Å². The SMILES string of the molecule is Cn1ncc(CC(=O)Nc2cc([C@H]3CC[C@@H](N(CCC(F)(F)F)C(=O)O)C3)[nH]n2)n1. The monoisotopic (exact) mass is 429 g/mol. The Bertz CT molecular complexity index is 895. The number of H-pyrrole nitrogens is 1. The number of nitrogens with zero attached hydrogens (tertiary/aromatic N) is 5. The Morgan fingerprint density at radius 2 is 2.17 bits per heavy atom. The molecule has 164 valence electrons. The summed E-state index contributed by atoms with van der Waals surface area (Å²) >= 11 is 0. The molecule has 0 bridgehead atoms. The number of carboxylic acid groups (broad SMARTS) is 1. The van der Waals surface area contributed by atoms with Crippen molar-refractivity contribution in [2.45, 2.75) is 50.2 Å². The molecule has 0 aliphatic heterocycles. The summed E-state index contributed by atoms with van der Waals surface area (Å²) in [6.07, 6.45) is -3.96. The molecule has 0 spiro atoms. The summed E-state index contributed by atoms with van der Waals surface area (Å²) in [4.78, 5) is 25.7. The van der Waals surface area contributed by atoms with Crippen molar-refractivity contribution < 1.29 is 27.9 Å². The fourth-order valence-electron chi connectivity index (χ4n) is 3.63. The van der Waals surface area contributed by atoms with E-state index in [0.717, 1.165) is 4.90 Å².